The van der Waals surface area contributed by atoms with Crippen molar-refractivity contribution in [2.45, 2.75) is 45.0 Å². The summed E-state index contributed by atoms with van der Waals surface area (Å²) in [5.74, 6) is 0.795. The highest BCUT2D eigenvalue weighted by molar-refractivity contribution is 5.75. The number of benzene rings is 1. The predicted molar refractivity (Wildman–Crippen MR) is 99.3 cm³/mol. The normalized spacial score (nSPS) is 17.4. The van der Waals surface area contributed by atoms with Gasteiger partial charge < -0.3 is 23.8 Å². The molecule has 0 spiro atoms. The number of ether oxygens (including phenoxy) is 1. The third-order valence-electron chi connectivity index (χ3n) is 4.63. The molecule has 2 amide bonds. The van der Waals surface area contributed by atoms with Gasteiger partial charge in [-0.3, -0.25) is 0 Å². The molecule has 4 rings (SSSR count). The van der Waals surface area contributed by atoms with Gasteiger partial charge >= 0.3 is 6.03 Å². The van der Waals surface area contributed by atoms with Crippen LogP contribution in [0.3, 0.4) is 0 Å². The number of nitrogens with zero attached hydrogens (tertiary/aromatic N) is 3. The molecule has 0 fully saturated rings. The SMILES string of the molecule is CC1(C)C[C@@H](NC(=O)N(Cc2cocn2)Cc2cocn2)c2ccccc2O1. The molecule has 0 radical (unpaired) electrons. The smallest absolute Gasteiger partial charge is 0.318 e. The van der Waals surface area contributed by atoms with Crippen molar-refractivity contribution in [3.63, 3.8) is 0 Å². The Kier molecular flexibility index (Phi) is 4.77. The number of aromatic nitrogens is 2. The highest BCUT2D eigenvalue weighted by atomic mass is 16.5. The maximum atomic E-state index is 13.1. The fourth-order valence-electron chi connectivity index (χ4n) is 3.39. The molecule has 146 valence electrons. The van der Waals surface area contributed by atoms with Crippen LogP contribution in [0.1, 0.15) is 43.3 Å². The van der Waals surface area contributed by atoms with Crippen molar-refractivity contribution < 1.29 is 18.4 Å². The van der Waals surface area contributed by atoms with E-state index in [0.29, 0.717) is 30.9 Å². The summed E-state index contributed by atoms with van der Waals surface area (Å²) in [6, 6.07) is 7.41. The number of urea groups is 1. The first-order valence-corrected chi connectivity index (χ1v) is 9.08. The topological polar surface area (TPSA) is 93.6 Å². The van der Waals surface area contributed by atoms with Gasteiger partial charge in [-0.15, -0.1) is 0 Å². The molecule has 8 nitrogen and oxygen atoms in total. The van der Waals surface area contributed by atoms with Crippen molar-refractivity contribution in [1.82, 2.24) is 20.2 Å². The summed E-state index contributed by atoms with van der Waals surface area (Å²) < 4.78 is 16.1. The van der Waals surface area contributed by atoms with E-state index in [4.69, 9.17) is 13.6 Å². The van der Waals surface area contributed by atoms with E-state index in [2.05, 4.69) is 15.3 Å². The van der Waals surface area contributed by atoms with E-state index >= 15 is 0 Å². The number of amides is 2. The molecule has 1 aliphatic heterocycles. The number of oxazole rings is 2. The van der Waals surface area contributed by atoms with Gasteiger partial charge in [-0.2, -0.15) is 0 Å². The molecule has 1 atom stereocenters. The van der Waals surface area contributed by atoms with Gasteiger partial charge in [0.25, 0.3) is 0 Å². The van der Waals surface area contributed by atoms with Crippen molar-refractivity contribution >= 4 is 6.03 Å². The van der Waals surface area contributed by atoms with Crippen LogP contribution in [-0.2, 0) is 13.1 Å². The van der Waals surface area contributed by atoms with E-state index in [-0.39, 0.29) is 17.7 Å². The molecule has 3 aromatic rings. The number of hydrogen-bond donors (Lipinski definition) is 1. The van der Waals surface area contributed by atoms with E-state index < -0.39 is 0 Å². The summed E-state index contributed by atoms with van der Waals surface area (Å²) in [6.45, 7) is 4.63. The number of carbonyl (C=O) groups is 1. The summed E-state index contributed by atoms with van der Waals surface area (Å²) in [7, 11) is 0. The summed E-state index contributed by atoms with van der Waals surface area (Å²) in [6.07, 6.45) is 6.40. The molecule has 1 aliphatic rings. The molecule has 1 N–H and O–H groups in total. The summed E-state index contributed by atoms with van der Waals surface area (Å²) in [5, 5.41) is 3.15. The van der Waals surface area contributed by atoms with Crippen LogP contribution in [0.2, 0.25) is 0 Å². The lowest BCUT2D eigenvalue weighted by Crippen LogP contribution is -2.45. The molecule has 0 bridgehead atoms. The van der Waals surface area contributed by atoms with Crippen LogP contribution in [0.15, 0.2) is 58.4 Å². The zero-order chi connectivity index (χ0) is 19.6. The Bertz CT molecular complexity index is 885. The van der Waals surface area contributed by atoms with Gasteiger partial charge in [-0.1, -0.05) is 18.2 Å². The van der Waals surface area contributed by atoms with Crippen molar-refractivity contribution in [2.24, 2.45) is 0 Å². The molecule has 0 unspecified atom stereocenters. The van der Waals surface area contributed by atoms with E-state index in [9.17, 15) is 4.79 Å². The molecule has 0 saturated carbocycles. The minimum absolute atomic E-state index is 0.162. The van der Waals surface area contributed by atoms with Gasteiger partial charge in [0, 0.05) is 12.0 Å². The quantitative estimate of drug-likeness (QED) is 0.723. The Hall–Kier alpha value is -3.29. The predicted octanol–water partition coefficient (Wildman–Crippen LogP) is 3.68. The number of nitrogens with one attached hydrogen (secondary N) is 1. The number of fused-ring (bicyclic) bond motifs is 1. The number of carbonyl (C=O) groups excluding carboxylic acids is 1. The van der Waals surface area contributed by atoms with Gasteiger partial charge in [0.05, 0.1) is 30.5 Å². The lowest BCUT2D eigenvalue weighted by molar-refractivity contribution is 0.0662. The largest absolute Gasteiger partial charge is 0.487 e. The highest BCUT2D eigenvalue weighted by Crippen LogP contribution is 2.39. The summed E-state index contributed by atoms with van der Waals surface area (Å²) in [4.78, 5) is 23.0. The Morgan fingerprint density at radius 2 is 1.79 bits per heavy atom. The minimum atomic E-state index is -0.380. The molecule has 3 heterocycles. The molecule has 0 saturated heterocycles. The number of rotatable bonds is 5. The fourth-order valence-corrected chi connectivity index (χ4v) is 3.39. The highest BCUT2D eigenvalue weighted by Gasteiger charge is 2.35. The third kappa shape index (κ3) is 4.00. The second kappa shape index (κ2) is 7.38. The lowest BCUT2D eigenvalue weighted by atomic mass is 9.90. The van der Waals surface area contributed by atoms with E-state index in [1.54, 1.807) is 4.90 Å². The van der Waals surface area contributed by atoms with Gasteiger partial charge in [-0.25, -0.2) is 14.8 Å². The van der Waals surface area contributed by atoms with Gasteiger partial charge in [-0.05, 0) is 19.9 Å². The molecule has 2 aromatic heterocycles. The van der Waals surface area contributed by atoms with Crippen LogP contribution in [0, 0.1) is 0 Å². The first-order valence-electron chi connectivity index (χ1n) is 9.08. The molecule has 0 aliphatic carbocycles. The molecule has 1 aromatic carbocycles. The van der Waals surface area contributed by atoms with Gasteiger partial charge in [0.15, 0.2) is 12.8 Å². The standard InChI is InChI=1S/C20H22N4O4/c1-20(2)7-17(16-5-3-4-6-18(16)28-20)23-19(25)24(8-14-10-26-12-21-14)9-15-11-27-13-22-15/h3-6,10-13,17H,7-9H2,1-2H3,(H,23,25)/t17-/m1/s1. The average Bonchev–Trinajstić information content (AvgIpc) is 3.34. The van der Waals surface area contributed by atoms with Crippen molar-refractivity contribution in [3.8, 4) is 5.75 Å². The Labute approximate surface area is 162 Å². The monoisotopic (exact) mass is 382 g/mol. The molecular weight excluding hydrogens is 360 g/mol. The zero-order valence-electron chi connectivity index (χ0n) is 15.8. The van der Waals surface area contributed by atoms with Gasteiger partial charge in [0.2, 0.25) is 0 Å². The Balaban J connectivity index is 1.55. The zero-order valence-corrected chi connectivity index (χ0v) is 15.8. The van der Waals surface area contributed by atoms with Crippen molar-refractivity contribution in [2.75, 3.05) is 0 Å². The van der Waals surface area contributed by atoms with Crippen LogP contribution in [0.4, 0.5) is 4.79 Å². The fraction of sp³-hybridized carbons (Fsp3) is 0.350. The lowest BCUT2D eigenvalue weighted by Gasteiger charge is -2.38. The number of hydrogen-bond acceptors (Lipinski definition) is 6. The average molecular weight is 382 g/mol. The van der Waals surface area contributed by atoms with Crippen LogP contribution >= 0.6 is 0 Å². The van der Waals surface area contributed by atoms with Crippen LogP contribution in [0.25, 0.3) is 0 Å². The van der Waals surface area contributed by atoms with Crippen molar-refractivity contribution in [3.05, 3.63) is 66.5 Å². The maximum absolute atomic E-state index is 13.1. The van der Waals surface area contributed by atoms with E-state index in [1.165, 1.54) is 25.3 Å². The minimum Gasteiger partial charge on any atom is -0.487 e. The van der Waals surface area contributed by atoms with Gasteiger partial charge in [0.1, 0.15) is 23.9 Å². The third-order valence-corrected chi connectivity index (χ3v) is 4.63. The summed E-state index contributed by atoms with van der Waals surface area (Å²) in [5.41, 5.74) is 1.91. The van der Waals surface area contributed by atoms with E-state index in [1.807, 2.05) is 38.1 Å². The van der Waals surface area contributed by atoms with Crippen LogP contribution < -0.4 is 10.1 Å². The number of para-hydroxylation sites is 1. The van der Waals surface area contributed by atoms with Crippen LogP contribution in [0.5, 0.6) is 5.75 Å². The molecule has 28 heavy (non-hydrogen) atoms. The maximum Gasteiger partial charge on any atom is 0.318 e. The summed E-state index contributed by atoms with van der Waals surface area (Å²) >= 11 is 0. The molecular formula is C20H22N4O4. The van der Waals surface area contributed by atoms with Crippen LogP contribution in [-0.4, -0.2) is 26.5 Å². The first-order chi connectivity index (χ1) is 13.5. The van der Waals surface area contributed by atoms with E-state index in [0.717, 1.165) is 11.3 Å². The Morgan fingerprint density at radius 1 is 1.14 bits per heavy atom. The molecule has 8 heteroatoms. The first kappa shape index (κ1) is 18.1. The second-order valence-corrected chi connectivity index (χ2v) is 7.42. The second-order valence-electron chi connectivity index (χ2n) is 7.42. The van der Waals surface area contributed by atoms with Crippen molar-refractivity contribution in [1.29, 1.82) is 0 Å². The Morgan fingerprint density at radius 3 is 2.39 bits per heavy atom.